The van der Waals surface area contributed by atoms with Crippen molar-refractivity contribution in [3.05, 3.63) is 83.0 Å². The lowest BCUT2D eigenvalue weighted by Crippen LogP contribution is -2.57. The third-order valence-corrected chi connectivity index (χ3v) is 14.0. The summed E-state index contributed by atoms with van der Waals surface area (Å²) in [6, 6.07) is 12.0. The minimum atomic E-state index is -3.89. The quantitative estimate of drug-likeness (QED) is 0.282. The van der Waals surface area contributed by atoms with Crippen LogP contribution >= 0.6 is 11.3 Å². The maximum Gasteiger partial charge on any atom is 0.410 e. The van der Waals surface area contributed by atoms with E-state index in [1.807, 2.05) is 41.8 Å². The highest BCUT2D eigenvalue weighted by atomic mass is 32.2. The van der Waals surface area contributed by atoms with Gasteiger partial charge in [-0.2, -0.15) is 0 Å². The molecule has 0 unspecified atom stereocenters. The fourth-order valence-electron chi connectivity index (χ4n) is 7.96. The number of anilines is 1. The summed E-state index contributed by atoms with van der Waals surface area (Å²) in [5.74, 6) is -2.59. The highest BCUT2D eigenvalue weighted by Crippen LogP contribution is 2.46. The van der Waals surface area contributed by atoms with Crippen LogP contribution < -0.4 is 15.4 Å². The molecule has 4 amide bonds. The van der Waals surface area contributed by atoms with Gasteiger partial charge in [-0.05, 0) is 80.3 Å². The number of carbonyl (C=O) groups excluding carboxylic acids is 4. The molecule has 2 aromatic carbocycles. The Morgan fingerprint density at radius 2 is 1.80 bits per heavy atom. The molecule has 3 N–H and O–H groups in total. The summed E-state index contributed by atoms with van der Waals surface area (Å²) in [5, 5.41) is 7.85. The van der Waals surface area contributed by atoms with Crippen LogP contribution in [0.4, 0.5) is 14.3 Å². The zero-order valence-electron chi connectivity index (χ0n) is 30.8. The molecule has 5 aliphatic rings. The van der Waals surface area contributed by atoms with Crippen LogP contribution in [-0.2, 0) is 42.1 Å². The minimum absolute atomic E-state index is 0.00892. The average Bonchev–Trinajstić information content (AvgIpc) is 4.07. The molecule has 0 bridgehead atoms. The molecule has 16 heteroatoms. The molecule has 1 saturated heterocycles. The SMILES string of the molecule is O=C1N[C@@]2(C(=O)NS(=O)(=O)C3CC3)C[C@@H]2/C=C\CCCCC[C@H](Nc2nc(-c3ccc(F)cc3)cs2)C(=O)N2C[C@H](OC(=O)N3CCc4ccccc4C3)C[C@@H]12. The summed E-state index contributed by atoms with van der Waals surface area (Å²) in [6.45, 7) is 0.790. The molecule has 3 aliphatic heterocycles. The highest BCUT2D eigenvalue weighted by molar-refractivity contribution is 7.91. The summed E-state index contributed by atoms with van der Waals surface area (Å²) >= 11 is 1.30. The Labute approximate surface area is 329 Å². The monoisotopic (exact) mass is 804 g/mol. The number of carbonyl (C=O) groups is 4. The summed E-state index contributed by atoms with van der Waals surface area (Å²) in [4.78, 5) is 64.1. The van der Waals surface area contributed by atoms with E-state index in [9.17, 15) is 32.0 Å². The van der Waals surface area contributed by atoms with Gasteiger partial charge in [-0.1, -0.05) is 49.3 Å². The number of sulfonamides is 1. The van der Waals surface area contributed by atoms with E-state index in [-0.39, 0.29) is 31.1 Å². The number of allylic oxidation sites excluding steroid dienone is 1. The van der Waals surface area contributed by atoms with Crippen LogP contribution in [0.25, 0.3) is 11.3 Å². The van der Waals surface area contributed by atoms with Crippen LogP contribution in [0.1, 0.15) is 68.9 Å². The number of amides is 4. The van der Waals surface area contributed by atoms with Crippen molar-refractivity contribution in [1.29, 1.82) is 0 Å². The number of nitrogens with one attached hydrogen (secondary N) is 3. The molecule has 8 rings (SSSR count). The summed E-state index contributed by atoms with van der Waals surface area (Å²) in [6.07, 6.45) is 7.76. The van der Waals surface area contributed by atoms with E-state index in [1.54, 1.807) is 17.0 Å². The van der Waals surface area contributed by atoms with Gasteiger partial charge in [0.25, 0.3) is 5.91 Å². The molecular formula is C40H45FN6O7S2. The number of aromatic nitrogens is 1. The van der Waals surface area contributed by atoms with Gasteiger partial charge in [-0.15, -0.1) is 11.3 Å². The summed E-state index contributed by atoms with van der Waals surface area (Å²) in [5.41, 5.74) is 2.03. The van der Waals surface area contributed by atoms with Gasteiger partial charge in [0.2, 0.25) is 21.8 Å². The maximum absolute atomic E-state index is 14.7. The Bertz CT molecular complexity index is 2140. The van der Waals surface area contributed by atoms with Crippen molar-refractivity contribution >= 4 is 50.3 Å². The second kappa shape index (κ2) is 15.6. The molecule has 296 valence electrons. The zero-order chi connectivity index (χ0) is 39.0. The van der Waals surface area contributed by atoms with Crippen molar-refractivity contribution in [3.8, 4) is 11.3 Å². The van der Waals surface area contributed by atoms with Crippen LogP contribution in [0.3, 0.4) is 0 Å². The first-order chi connectivity index (χ1) is 27.0. The Morgan fingerprint density at radius 3 is 2.59 bits per heavy atom. The van der Waals surface area contributed by atoms with Gasteiger partial charge in [-0.25, -0.2) is 22.6 Å². The smallest absolute Gasteiger partial charge is 0.410 e. The molecule has 3 fully saturated rings. The molecule has 0 radical (unpaired) electrons. The van der Waals surface area contributed by atoms with E-state index in [1.165, 1.54) is 33.9 Å². The lowest BCUT2D eigenvalue weighted by atomic mass is 10.0. The molecule has 0 spiro atoms. The number of nitrogens with zero attached hydrogens (tertiary/aromatic N) is 3. The Kier molecular flexibility index (Phi) is 10.6. The number of hydrogen-bond acceptors (Lipinski definition) is 10. The second-order valence-corrected chi connectivity index (χ2v) is 18.3. The van der Waals surface area contributed by atoms with Crippen LogP contribution in [0.5, 0.6) is 0 Å². The fraction of sp³-hybridized carbons (Fsp3) is 0.475. The van der Waals surface area contributed by atoms with Crippen molar-refractivity contribution < 1.29 is 36.7 Å². The highest BCUT2D eigenvalue weighted by Gasteiger charge is 2.62. The third-order valence-electron chi connectivity index (χ3n) is 11.4. The Morgan fingerprint density at radius 1 is 1.02 bits per heavy atom. The normalized spacial score (nSPS) is 27.4. The predicted molar refractivity (Wildman–Crippen MR) is 207 cm³/mol. The number of thiazole rings is 1. The Balaban J connectivity index is 1.05. The number of fused-ring (bicyclic) bond motifs is 3. The van der Waals surface area contributed by atoms with Crippen LogP contribution in [0, 0.1) is 11.7 Å². The average molecular weight is 805 g/mol. The number of benzene rings is 2. The maximum atomic E-state index is 14.7. The van der Waals surface area contributed by atoms with Crippen molar-refractivity contribution in [2.45, 2.75) is 99.7 Å². The first-order valence-electron chi connectivity index (χ1n) is 19.3. The first kappa shape index (κ1) is 38.1. The molecular weight excluding hydrogens is 760 g/mol. The lowest BCUT2D eigenvalue weighted by molar-refractivity contribution is -0.140. The first-order valence-corrected chi connectivity index (χ1v) is 21.8. The van der Waals surface area contributed by atoms with Crippen molar-refractivity contribution in [2.75, 3.05) is 18.4 Å². The van der Waals surface area contributed by atoms with Gasteiger partial charge in [-0.3, -0.25) is 19.1 Å². The van der Waals surface area contributed by atoms with E-state index >= 15 is 0 Å². The van der Waals surface area contributed by atoms with Gasteiger partial charge in [0.1, 0.15) is 29.5 Å². The number of halogens is 1. The molecule has 2 aliphatic carbocycles. The second-order valence-electron chi connectivity index (χ2n) is 15.4. The molecule has 2 saturated carbocycles. The van der Waals surface area contributed by atoms with Gasteiger partial charge in [0.15, 0.2) is 5.13 Å². The van der Waals surface area contributed by atoms with Gasteiger partial charge >= 0.3 is 6.09 Å². The predicted octanol–water partition coefficient (Wildman–Crippen LogP) is 4.90. The number of rotatable bonds is 7. The molecule has 13 nitrogen and oxygen atoms in total. The molecule has 1 aromatic heterocycles. The third kappa shape index (κ3) is 8.17. The lowest BCUT2D eigenvalue weighted by Gasteiger charge is -2.30. The van der Waals surface area contributed by atoms with Crippen molar-refractivity contribution in [1.82, 2.24) is 24.8 Å². The van der Waals surface area contributed by atoms with Crippen LogP contribution in [0.15, 0.2) is 66.1 Å². The standard InChI is InChI=1S/C40H45FN6O7S2/c41-29-14-12-26(13-15-29)33-24-55-38(43-33)42-32-11-5-3-1-2-4-10-28-21-40(28,37(50)45-56(52,53)31-16-17-31)44-35(48)34-20-30(23-47(34)36(32)49)54-39(51)46-19-18-25-8-6-7-9-27(25)22-46/h4,6-10,12-15,24,28,30-32,34H,1-3,5,11,16-23H2,(H,42,43)(H,44,48)(H,45,50)/b10-4-/t28-,30+,32-,34-,40-/m0/s1. The van der Waals surface area contributed by atoms with Crippen molar-refractivity contribution in [3.63, 3.8) is 0 Å². The van der Waals surface area contributed by atoms with Gasteiger partial charge < -0.3 is 25.2 Å². The molecule has 56 heavy (non-hydrogen) atoms. The summed E-state index contributed by atoms with van der Waals surface area (Å²) < 4.78 is 47.5. The van der Waals surface area contributed by atoms with Crippen LogP contribution in [0.2, 0.25) is 0 Å². The van der Waals surface area contributed by atoms with E-state index in [4.69, 9.17) is 4.74 Å². The van der Waals surface area contributed by atoms with Gasteiger partial charge in [0.05, 0.1) is 17.5 Å². The molecule has 4 heterocycles. The van der Waals surface area contributed by atoms with Gasteiger partial charge in [0, 0.05) is 36.4 Å². The minimum Gasteiger partial charge on any atom is -0.444 e. The number of ether oxygens (including phenoxy) is 1. The molecule has 3 aromatic rings. The Hall–Kier alpha value is -4.83. The number of hydrogen-bond donors (Lipinski definition) is 3. The van der Waals surface area contributed by atoms with E-state index in [0.717, 1.165) is 24.0 Å². The molecule has 5 atom stereocenters. The van der Waals surface area contributed by atoms with E-state index in [2.05, 4.69) is 20.3 Å². The van der Waals surface area contributed by atoms with E-state index < -0.39 is 62.8 Å². The zero-order valence-corrected chi connectivity index (χ0v) is 32.5. The summed E-state index contributed by atoms with van der Waals surface area (Å²) in [7, 11) is -3.89. The van der Waals surface area contributed by atoms with Crippen LogP contribution in [-0.4, -0.2) is 89.1 Å². The fourth-order valence-corrected chi connectivity index (χ4v) is 10.1. The largest absolute Gasteiger partial charge is 0.444 e. The van der Waals surface area contributed by atoms with E-state index in [0.29, 0.717) is 62.4 Å². The topological polar surface area (TPSA) is 167 Å². The van der Waals surface area contributed by atoms with Crippen molar-refractivity contribution in [2.24, 2.45) is 5.92 Å².